The highest BCUT2D eigenvalue weighted by molar-refractivity contribution is 5.95. The van der Waals surface area contributed by atoms with Gasteiger partial charge in [0.15, 0.2) is 0 Å². The van der Waals surface area contributed by atoms with Crippen molar-refractivity contribution >= 4 is 48.1 Å². The van der Waals surface area contributed by atoms with Gasteiger partial charge in [-0.1, -0.05) is 0 Å². The lowest BCUT2D eigenvalue weighted by Crippen LogP contribution is -2.48. The highest BCUT2D eigenvalue weighted by atomic mass is 35.5. The van der Waals surface area contributed by atoms with E-state index < -0.39 is 6.04 Å². The van der Waals surface area contributed by atoms with E-state index in [2.05, 4.69) is 26.0 Å². The number of nitrogens with zero attached hydrogens (tertiary/aromatic N) is 4. The number of rotatable bonds is 5. The smallest absolute Gasteiger partial charge is 0.246 e. The number of hydrogen-bond donors (Lipinski definition) is 3. The van der Waals surface area contributed by atoms with Gasteiger partial charge in [0.1, 0.15) is 11.9 Å². The van der Waals surface area contributed by atoms with Crippen molar-refractivity contribution in [1.29, 1.82) is 0 Å². The van der Waals surface area contributed by atoms with E-state index in [1.165, 1.54) is 0 Å². The Hall–Kier alpha value is -2.36. The van der Waals surface area contributed by atoms with E-state index in [0.29, 0.717) is 31.1 Å². The monoisotopic (exact) mass is 415 g/mol. The Balaban J connectivity index is 0.00000182. The second-order valence-electron chi connectivity index (χ2n) is 5.83. The van der Waals surface area contributed by atoms with Gasteiger partial charge in [-0.25, -0.2) is 4.98 Å². The second-order valence-corrected chi connectivity index (χ2v) is 5.83. The van der Waals surface area contributed by atoms with Gasteiger partial charge in [-0.3, -0.25) is 14.3 Å². The minimum atomic E-state index is -0.501. The summed E-state index contributed by atoms with van der Waals surface area (Å²) < 4.78 is 1.65. The van der Waals surface area contributed by atoms with Crippen molar-refractivity contribution in [2.24, 2.45) is 7.05 Å². The number of pyridine rings is 1. The van der Waals surface area contributed by atoms with E-state index in [-0.39, 0.29) is 36.6 Å². The summed E-state index contributed by atoms with van der Waals surface area (Å²) in [5.41, 5.74) is 1.38. The Morgan fingerprint density at radius 2 is 2.07 bits per heavy atom. The fraction of sp³-hybridized carbons (Fsp3) is 0.375. The fourth-order valence-corrected chi connectivity index (χ4v) is 2.73. The predicted molar refractivity (Wildman–Crippen MR) is 108 cm³/mol. The first-order valence-electron chi connectivity index (χ1n) is 8.01. The molecule has 1 aliphatic heterocycles. The molecule has 27 heavy (non-hydrogen) atoms. The summed E-state index contributed by atoms with van der Waals surface area (Å²) in [5, 5.41) is 12.7. The van der Waals surface area contributed by atoms with Gasteiger partial charge in [-0.05, 0) is 19.2 Å². The van der Waals surface area contributed by atoms with Crippen molar-refractivity contribution in [3.63, 3.8) is 0 Å². The van der Waals surface area contributed by atoms with Gasteiger partial charge in [-0.2, -0.15) is 5.10 Å². The predicted octanol–water partition coefficient (Wildman–Crippen LogP) is 0.494. The molecule has 3 N–H and O–H groups in total. The van der Waals surface area contributed by atoms with Crippen molar-refractivity contribution in [3.05, 3.63) is 36.3 Å². The Morgan fingerprint density at radius 3 is 2.63 bits per heavy atom. The molecule has 3 rings (SSSR count). The quantitative estimate of drug-likeness (QED) is 0.656. The molecule has 148 valence electrons. The number of hydrogen-bond acceptors (Lipinski definition) is 6. The minimum Gasteiger partial charge on any atom is -0.353 e. The number of nitrogens with one attached hydrogen (secondary N) is 3. The fourth-order valence-electron chi connectivity index (χ4n) is 2.73. The van der Waals surface area contributed by atoms with Gasteiger partial charge in [0.2, 0.25) is 11.8 Å². The zero-order valence-corrected chi connectivity index (χ0v) is 16.6. The third-order valence-corrected chi connectivity index (χ3v) is 3.99. The number of amides is 2. The first-order valence-corrected chi connectivity index (χ1v) is 8.01. The molecule has 0 spiro atoms. The normalized spacial score (nSPS) is 14.4. The van der Waals surface area contributed by atoms with Gasteiger partial charge < -0.3 is 20.9 Å². The van der Waals surface area contributed by atoms with Crippen LogP contribution in [0.15, 0.2) is 30.7 Å². The maximum atomic E-state index is 12.5. The molecule has 1 fully saturated rings. The molecule has 1 saturated heterocycles. The summed E-state index contributed by atoms with van der Waals surface area (Å²) in [4.78, 5) is 30.2. The van der Waals surface area contributed by atoms with Gasteiger partial charge in [0.05, 0.1) is 24.6 Å². The molecule has 9 nitrogen and oxygen atoms in total. The lowest BCUT2D eigenvalue weighted by Gasteiger charge is -2.27. The highest BCUT2D eigenvalue weighted by Crippen LogP contribution is 2.17. The average Bonchev–Trinajstić information content (AvgIpc) is 3.02. The third kappa shape index (κ3) is 5.56. The largest absolute Gasteiger partial charge is 0.353 e. The van der Waals surface area contributed by atoms with Crippen LogP contribution in [0.1, 0.15) is 11.6 Å². The second kappa shape index (κ2) is 10.1. The summed E-state index contributed by atoms with van der Waals surface area (Å²) in [7, 11) is 3.53. The first-order chi connectivity index (χ1) is 12.1. The maximum absolute atomic E-state index is 12.5. The van der Waals surface area contributed by atoms with Crippen LogP contribution in [0.2, 0.25) is 0 Å². The lowest BCUT2D eigenvalue weighted by atomic mass is 10.1. The summed E-state index contributed by atoms with van der Waals surface area (Å²) in [6.07, 6.45) is 5.04. The van der Waals surface area contributed by atoms with E-state index in [4.69, 9.17) is 0 Å². The molecule has 1 unspecified atom stereocenters. The molecule has 2 aromatic rings. The van der Waals surface area contributed by atoms with Crippen molar-refractivity contribution in [3.8, 4) is 0 Å². The lowest BCUT2D eigenvalue weighted by molar-refractivity contribution is -0.120. The Kier molecular flexibility index (Phi) is 8.48. The van der Waals surface area contributed by atoms with Crippen LogP contribution < -0.4 is 20.9 Å². The topological polar surface area (TPSA) is 104 Å². The van der Waals surface area contributed by atoms with Crippen LogP contribution in [0.4, 0.5) is 11.5 Å². The minimum absolute atomic E-state index is 0. The number of carbonyl (C=O) groups is 2. The number of aryl methyl sites for hydroxylation is 1. The summed E-state index contributed by atoms with van der Waals surface area (Å²) in [6, 6.07) is 3.08. The number of likely N-dealkylation sites (N-methyl/N-ethyl adjacent to an activating group) is 1. The van der Waals surface area contributed by atoms with Gasteiger partial charge >= 0.3 is 0 Å². The molecule has 2 amide bonds. The SMILES string of the molecule is CNC(C(=O)Nc1ccc(N2CCNC(=O)C2)nc1)c1cnn(C)c1.Cl.Cl. The summed E-state index contributed by atoms with van der Waals surface area (Å²) in [5.74, 6) is 0.506. The van der Waals surface area contributed by atoms with E-state index in [1.807, 2.05) is 4.90 Å². The van der Waals surface area contributed by atoms with Gasteiger partial charge in [0.25, 0.3) is 0 Å². The van der Waals surface area contributed by atoms with Crippen LogP contribution >= 0.6 is 24.8 Å². The molecular weight excluding hydrogens is 393 g/mol. The Labute approximate surface area is 169 Å². The van der Waals surface area contributed by atoms with Crippen molar-refractivity contribution in [2.75, 3.05) is 36.9 Å². The van der Waals surface area contributed by atoms with Crippen LogP contribution in [0.5, 0.6) is 0 Å². The van der Waals surface area contributed by atoms with E-state index >= 15 is 0 Å². The molecule has 0 aromatic carbocycles. The van der Waals surface area contributed by atoms with E-state index in [0.717, 1.165) is 5.56 Å². The summed E-state index contributed by atoms with van der Waals surface area (Å²) in [6.45, 7) is 1.61. The van der Waals surface area contributed by atoms with Crippen LogP contribution in [0, 0.1) is 0 Å². The van der Waals surface area contributed by atoms with Gasteiger partial charge in [-0.15, -0.1) is 24.8 Å². The number of carbonyl (C=O) groups excluding carboxylic acids is 2. The van der Waals surface area contributed by atoms with Crippen LogP contribution in [0.25, 0.3) is 0 Å². The average molecular weight is 416 g/mol. The zero-order valence-electron chi connectivity index (χ0n) is 15.0. The van der Waals surface area contributed by atoms with E-state index in [1.54, 1.807) is 49.5 Å². The number of halogens is 2. The Bertz CT molecular complexity index is 766. The molecule has 11 heteroatoms. The number of anilines is 2. The third-order valence-electron chi connectivity index (χ3n) is 3.99. The van der Waals surface area contributed by atoms with E-state index in [9.17, 15) is 9.59 Å². The molecule has 0 aliphatic carbocycles. The molecule has 0 bridgehead atoms. The molecule has 1 aliphatic rings. The number of piperazine rings is 1. The maximum Gasteiger partial charge on any atom is 0.246 e. The summed E-state index contributed by atoms with van der Waals surface area (Å²) >= 11 is 0. The van der Waals surface area contributed by atoms with Crippen LogP contribution in [-0.4, -0.2) is 53.3 Å². The Morgan fingerprint density at radius 1 is 1.30 bits per heavy atom. The standard InChI is InChI=1S/C16H21N7O2.2ClH/c1-17-15(11-7-20-22(2)9-11)16(25)21-12-3-4-13(19-8-12)23-6-5-18-14(24)10-23;;/h3-4,7-9,15,17H,5-6,10H2,1-2H3,(H,18,24)(H,21,25);2*1H. The van der Waals surface area contributed by atoms with Crippen molar-refractivity contribution in [1.82, 2.24) is 25.4 Å². The first kappa shape index (κ1) is 22.7. The van der Waals surface area contributed by atoms with Crippen molar-refractivity contribution in [2.45, 2.75) is 6.04 Å². The molecular formula is C16H23Cl2N7O2. The van der Waals surface area contributed by atoms with Crippen LogP contribution in [-0.2, 0) is 16.6 Å². The molecule has 3 heterocycles. The molecule has 1 atom stereocenters. The van der Waals surface area contributed by atoms with Crippen molar-refractivity contribution < 1.29 is 9.59 Å². The molecule has 0 saturated carbocycles. The molecule has 0 radical (unpaired) electrons. The highest BCUT2D eigenvalue weighted by Gasteiger charge is 2.21. The molecule has 2 aromatic heterocycles. The van der Waals surface area contributed by atoms with Gasteiger partial charge in [0, 0.05) is 31.9 Å². The van der Waals surface area contributed by atoms with Crippen LogP contribution in [0.3, 0.4) is 0 Å². The zero-order chi connectivity index (χ0) is 17.8. The number of aromatic nitrogens is 3.